The molecule has 4 nitrogen and oxygen atoms in total. The zero-order valence-electron chi connectivity index (χ0n) is 3.67. The van der Waals surface area contributed by atoms with Gasteiger partial charge in [-0.1, -0.05) is 0 Å². The van der Waals surface area contributed by atoms with Gasteiger partial charge >= 0.3 is 4.46 Å². The number of halogens is 2. The monoisotopic (exact) mass is 159 g/mol. The van der Waals surface area contributed by atoms with Crippen LogP contribution in [-0.4, -0.2) is 21.1 Å². The van der Waals surface area contributed by atoms with E-state index in [-0.39, 0.29) is 0 Å². The van der Waals surface area contributed by atoms with Crippen molar-refractivity contribution in [3.05, 3.63) is 10.1 Å². The van der Waals surface area contributed by atoms with Gasteiger partial charge < -0.3 is 5.11 Å². The molecule has 0 unspecified atom stereocenters. The van der Waals surface area contributed by atoms with Crippen LogP contribution in [0, 0.1) is 10.1 Å². The third-order valence-corrected chi connectivity index (χ3v) is 0.972. The molecule has 0 aliphatic carbocycles. The first-order chi connectivity index (χ1) is 3.50. The van der Waals surface area contributed by atoms with Gasteiger partial charge in [-0.05, 0) is 23.2 Å². The van der Waals surface area contributed by atoms with E-state index in [1.807, 2.05) is 0 Å². The van der Waals surface area contributed by atoms with Crippen molar-refractivity contribution in [2.24, 2.45) is 0 Å². The Morgan fingerprint density at radius 3 is 2.12 bits per heavy atom. The molecule has 0 aromatic rings. The van der Waals surface area contributed by atoms with Crippen LogP contribution in [-0.2, 0) is 0 Å². The molecule has 0 aromatic carbocycles. The molecule has 0 saturated heterocycles. The molecular formula is C2H3Cl2NO3. The molecule has 6 heteroatoms. The maximum atomic E-state index is 9.63. The second-order valence-corrected chi connectivity index (χ2v) is 2.53. The fourth-order valence-corrected chi connectivity index (χ4v) is 0.0577. The normalized spacial score (nSPS) is 11.4. The maximum Gasteiger partial charge on any atom is 0.393 e. The molecule has 0 radical (unpaired) electrons. The minimum Gasteiger partial charge on any atom is -0.386 e. The maximum absolute atomic E-state index is 9.63. The van der Waals surface area contributed by atoms with Crippen LogP contribution in [0.15, 0.2) is 0 Å². The quantitative estimate of drug-likeness (QED) is 0.275. The van der Waals surface area contributed by atoms with Gasteiger partial charge in [0.25, 0.3) is 0 Å². The molecule has 0 bridgehead atoms. The molecule has 0 aromatic heterocycles. The van der Waals surface area contributed by atoms with E-state index in [1.165, 1.54) is 0 Å². The van der Waals surface area contributed by atoms with Crippen LogP contribution in [0.3, 0.4) is 0 Å². The summed E-state index contributed by atoms with van der Waals surface area (Å²) in [6.45, 7) is -0.886. The minimum absolute atomic E-state index is 0.886. The average molecular weight is 160 g/mol. The van der Waals surface area contributed by atoms with E-state index < -0.39 is 16.0 Å². The zero-order chi connectivity index (χ0) is 6.78. The van der Waals surface area contributed by atoms with Gasteiger partial charge in [-0.3, -0.25) is 10.1 Å². The van der Waals surface area contributed by atoms with Crippen LogP contribution < -0.4 is 0 Å². The van der Waals surface area contributed by atoms with Crippen molar-refractivity contribution < 1.29 is 10.0 Å². The summed E-state index contributed by atoms with van der Waals surface area (Å²) < 4.78 is -2.24. The largest absolute Gasteiger partial charge is 0.393 e. The summed E-state index contributed by atoms with van der Waals surface area (Å²) in [5.41, 5.74) is 0. The lowest BCUT2D eigenvalue weighted by molar-refractivity contribution is -0.519. The second kappa shape index (κ2) is 2.48. The van der Waals surface area contributed by atoms with Crippen LogP contribution in [0.5, 0.6) is 0 Å². The Labute approximate surface area is 55.2 Å². The van der Waals surface area contributed by atoms with E-state index in [0.717, 1.165) is 0 Å². The van der Waals surface area contributed by atoms with Crippen LogP contribution in [0.25, 0.3) is 0 Å². The number of nitro groups is 1. The predicted octanol–water partition coefficient (Wildman–Crippen LogP) is 0.387. The van der Waals surface area contributed by atoms with Gasteiger partial charge in [-0.15, -0.1) is 0 Å². The Kier molecular flexibility index (Phi) is 2.46. The first-order valence-corrected chi connectivity index (χ1v) is 2.39. The topological polar surface area (TPSA) is 63.4 Å². The highest BCUT2D eigenvalue weighted by molar-refractivity contribution is 6.47. The highest BCUT2D eigenvalue weighted by Crippen LogP contribution is 2.19. The Morgan fingerprint density at radius 1 is 1.75 bits per heavy atom. The Bertz CT molecular complexity index is 103. The number of nitrogens with zero attached hydrogens (tertiary/aromatic N) is 1. The van der Waals surface area contributed by atoms with Crippen LogP contribution in [0.2, 0.25) is 0 Å². The summed E-state index contributed by atoms with van der Waals surface area (Å²) in [6, 6.07) is 0. The Morgan fingerprint density at radius 2 is 2.12 bits per heavy atom. The fraction of sp³-hybridized carbons (Fsp3) is 1.00. The van der Waals surface area contributed by atoms with Crippen LogP contribution >= 0.6 is 23.2 Å². The molecular weight excluding hydrogens is 157 g/mol. The van der Waals surface area contributed by atoms with Crippen LogP contribution in [0.1, 0.15) is 0 Å². The van der Waals surface area contributed by atoms with Crippen molar-refractivity contribution in [1.82, 2.24) is 0 Å². The predicted molar refractivity (Wildman–Crippen MR) is 28.5 cm³/mol. The first-order valence-electron chi connectivity index (χ1n) is 1.64. The van der Waals surface area contributed by atoms with E-state index in [9.17, 15) is 10.1 Å². The van der Waals surface area contributed by atoms with Crippen molar-refractivity contribution in [2.75, 3.05) is 6.61 Å². The summed E-state index contributed by atoms with van der Waals surface area (Å²) >= 11 is 9.74. The lowest BCUT2D eigenvalue weighted by atomic mass is 10.7. The first kappa shape index (κ1) is 7.94. The van der Waals surface area contributed by atoms with E-state index in [0.29, 0.717) is 0 Å². The van der Waals surface area contributed by atoms with E-state index in [4.69, 9.17) is 28.3 Å². The van der Waals surface area contributed by atoms with Gasteiger partial charge in [0.15, 0.2) is 0 Å². The van der Waals surface area contributed by atoms with Crippen molar-refractivity contribution in [2.45, 2.75) is 4.46 Å². The minimum atomic E-state index is -2.24. The number of rotatable bonds is 2. The molecule has 0 aliphatic rings. The molecule has 0 aliphatic heterocycles. The van der Waals surface area contributed by atoms with Gasteiger partial charge in [0, 0.05) is 0 Å². The number of aliphatic hydroxyl groups is 1. The standard InChI is InChI=1S/C2H3Cl2NO3/c3-2(4,1-6)5(7)8/h6H,1H2. The van der Waals surface area contributed by atoms with Crippen LogP contribution in [0.4, 0.5) is 0 Å². The lowest BCUT2D eigenvalue weighted by Crippen LogP contribution is -2.28. The summed E-state index contributed by atoms with van der Waals surface area (Å²) in [5, 5.41) is 17.7. The Hall–Kier alpha value is -0.0600. The molecule has 0 rings (SSSR count). The molecule has 0 spiro atoms. The SMILES string of the molecule is O=[N+]([O-])C(Cl)(Cl)CO. The molecule has 0 saturated carbocycles. The molecule has 0 heterocycles. The molecule has 0 atom stereocenters. The average Bonchev–Trinajstić information content (AvgIpc) is 1.67. The molecule has 1 N–H and O–H groups in total. The second-order valence-electron chi connectivity index (χ2n) is 1.08. The van der Waals surface area contributed by atoms with Gasteiger partial charge in [0.05, 0.1) is 4.92 Å². The van der Waals surface area contributed by atoms with Crippen molar-refractivity contribution in [3.8, 4) is 0 Å². The number of hydrogen-bond donors (Lipinski definition) is 1. The third-order valence-electron chi connectivity index (χ3n) is 0.457. The van der Waals surface area contributed by atoms with Gasteiger partial charge in [0.1, 0.15) is 6.61 Å². The summed E-state index contributed by atoms with van der Waals surface area (Å²) in [6.07, 6.45) is 0. The molecule has 48 valence electrons. The van der Waals surface area contributed by atoms with E-state index in [1.54, 1.807) is 0 Å². The highest BCUT2D eigenvalue weighted by Gasteiger charge is 2.36. The number of alkyl halides is 2. The zero-order valence-corrected chi connectivity index (χ0v) is 5.19. The third kappa shape index (κ3) is 1.81. The van der Waals surface area contributed by atoms with Crippen molar-refractivity contribution in [1.29, 1.82) is 0 Å². The van der Waals surface area contributed by atoms with E-state index in [2.05, 4.69) is 0 Å². The fourth-order valence-electron chi connectivity index (χ4n) is 0.0577. The highest BCUT2D eigenvalue weighted by atomic mass is 35.5. The van der Waals surface area contributed by atoms with Gasteiger partial charge in [-0.25, -0.2) is 0 Å². The molecule has 0 amide bonds. The summed E-state index contributed by atoms with van der Waals surface area (Å²) in [4.78, 5) is 8.66. The van der Waals surface area contributed by atoms with E-state index >= 15 is 0 Å². The molecule has 8 heavy (non-hydrogen) atoms. The van der Waals surface area contributed by atoms with Crippen molar-refractivity contribution >= 4 is 23.2 Å². The number of hydrogen-bond acceptors (Lipinski definition) is 3. The molecule has 0 fully saturated rings. The number of aliphatic hydroxyl groups excluding tert-OH is 1. The van der Waals surface area contributed by atoms with Gasteiger partial charge in [-0.2, -0.15) is 0 Å². The van der Waals surface area contributed by atoms with Crippen molar-refractivity contribution in [3.63, 3.8) is 0 Å². The van der Waals surface area contributed by atoms with Gasteiger partial charge in [0.2, 0.25) is 0 Å². The Balaban J connectivity index is 3.91. The smallest absolute Gasteiger partial charge is 0.386 e. The lowest BCUT2D eigenvalue weighted by Gasteiger charge is -2.03. The summed E-state index contributed by atoms with van der Waals surface area (Å²) in [5.74, 6) is 0. The summed E-state index contributed by atoms with van der Waals surface area (Å²) in [7, 11) is 0.